The van der Waals surface area contributed by atoms with Gasteiger partial charge in [-0.1, -0.05) is 13.8 Å². The lowest BCUT2D eigenvalue weighted by molar-refractivity contribution is 0.649. The molecule has 1 saturated carbocycles. The van der Waals surface area contributed by atoms with Crippen LogP contribution in [0.3, 0.4) is 0 Å². The molecule has 0 aliphatic heterocycles. The fraction of sp³-hybridized carbons (Fsp3) is 0.636. The molecule has 0 saturated heterocycles. The Morgan fingerprint density at radius 2 is 2.40 bits per heavy atom. The van der Waals surface area contributed by atoms with E-state index in [-0.39, 0.29) is 5.56 Å². The monoisotopic (exact) mass is 207 g/mol. The van der Waals surface area contributed by atoms with Gasteiger partial charge in [0.05, 0.1) is 0 Å². The molecule has 2 rings (SSSR count). The number of nitrogens with one attached hydrogen (secondary N) is 1. The summed E-state index contributed by atoms with van der Waals surface area (Å²) in [4.78, 5) is 16.0. The summed E-state index contributed by atoms with van der Waals surface area (Å²) in [5, 5.41) is 3.19. The molecular formula is C11H17N3O. The lowest BCUT2D eigenvalue weighted by atomic mass is 10.4. The van der Waals surface area contributed by atoms with E-state index in [0.29, 0.717) is 17.8 Å². The van der Waals surface area contributed by atoms with Gasteiger partial charge in [-0.2, -0.15) is 0 Å². The first-order chi connectivity index (χ1) is 7.22. The molecule has 2 atom stereocenters. The summed E-state index contributed by atoms with van der Waals surface area (Å²) in [6.45, 7) is 4.99. The average Bonchev–Trinajstić information content (AvgIpc) is 2.89. The van der Waals surface area contributed by atoms with E-state index in [2.05, 4.69) is 24.1 Å². The van der Waals surface area contributed by atoms with Crippen LogP contribution in [0.4, 0.5) is 5.82 Å². The molecule has 1 aromatic heterocycles. The van der Waals surface area contributed by atoms with Crippen molar-refractivity contribution in [3.63, 3.8) is 0 Å². The van der Waals surface area contributed by atoms with Crippen molar-refractivity contribution >= 4 is 5.82 Å². The molecule has 1 N–H and O–H groups in total. The quantitative estimate of drug-likeness (QED) is 0.813. The second-order valence-corrected chi connectivity index (χ2v) is 4.24. The summed E-state index contributed by atoms with van der Waals surface area (Å²) in [7, 11) is 0. The maximum atomic E-state index is 11.9. The minimum absolute atomic E-state index is 0.00144. The molecule has 4 nitrogen and oxygen atoms in total. The molecule has 1 aliphatic carbocycles. The highest BCUT2D eigenvalue weighted by Crippen LogP contribution is 2.31. The van der Waals surface area contributed by atoms with Crippen LogP contribution in [0.1, 0.15) is 26.7 Å². The molecule has 0 radical (unpaired) electrons. The van der Waals surface area contributed by atoms with Crippen molar-refractivity contribution in [2.75, 3.05) is 5.32 Å². The predicted octanol–water partition coefficient (Wildman–Crippen LogP) is 1.47. The van der Waals surface area contributed by atoms with Crippen LogP contribution in [0, 0.1) is 5.92 Å². The van der Waals surface area contributed by atoms with Crippen LogP contribution < -0.4 is 10.9 Å². The Hall–Kier alpha value is -1.32. The average molecular weight is 207 g/mol. The van der Waals surface area contributed by atoms with Gasteiger partial charge in [0.15, 0.2) is 5.82 Å². The molecule has 2 unspecified atom stereocenters. The molecule has 4 heteroatoms. The summed E-state index contributed by atoms with van der Waals surface area (Å²) < 4.78 is 1.71. The van der Waals surface area contributed by atoms with Crippen LogP contribution in [-0.4, -0.2) is 15.6 Å². The number of aromatic nitrogens is 2. The van der Waals surface area contributed by atoms with Crippen LogP contribution in [0.15, 0.2) is 17.2 Å². The molecule has 82 valence electrons. The molecule has 15 heavy (non-hydrogen) atoms. The predicted molar refractivity (Wildman–Crippen MR) is 60.0 cm³/mol. The summed E-state index contributed by atoms with van der Waals surface area (Å²) in [6, 6.07) is 0.447. The van der Waals surface area contributed by atoms with Gasteiger partial charge in [0.2, 0.25) is 0 Å². The molecule has 1 aromatic rings. The van der Waals surface area contributed by atoms with Crippen molar-refractivity contribution in [1.82, 2.24) is 9.55 Å². The van der Waals surface area contributed by atoms with Crippen molar-refractivity contribution in [2.45, 2.75) is 39.3 Å². The van der Waals surface area contributed by atoms with E-state index in [1.807, 2.05) is 0 Å². The molecule has 0 amide bonds. The van der Waals surface area contributed by atoms with Crippen LogP contribution >= 0.6 is 0 Å². The molecule has 1 heterocycles. The zero-order valence-corrected chi connectivity index (χ0v) is 9.23. The van der Waals surface area contributed by atoms with E-state index in [1.54, 1.807) is 17.0 Å². The summed E-state index contributed by atoms with van der Waals surface area (Å²) in [5.74, 6) is 1.17. The topological polar surface area (TPSA) is 46.9 Å². The normalized spacial score (nSPS) is 23.9. The van der Waals surface area contributed by atoms with E-state index in [0.717, 1.165) is 19.4 Å². The smallest absolute Gasteiger partial charge is 0.293 e. The maximum Gasteiger partial charge on any atom is 0.293 e. The lowest BCUT2D eigenvalue weighted by Crippen LogP contribution is -2.25. The first-order valence-corrected chi connectivity index (χ1v) is 5.54. The molecule has 0 spiro atoms. The van der Waals surface area contributed by atoms with Crippen molar-refractivity contribution in [2.24, 2.45) is 5.92 Å². The van der Waals surface area contributed by atoms with Gasteiger partial charge in [-0.25, -0.2) is 4.98 Å². The van der Waals surface area contributed by atoms with Gasteiger partial charge in [0.25, 0.3) is 5.56 Å². The molecule has 0 aromatic carbocycles. The Morgan fingerprint density at radius 1 is 1.67 bits per heavy atom. The van der Waals surface area contributed by atoms with Gasteiger partial charge >= 0.3 is 0 Å². The van der Waals surface area contributed by atoms with Crippen molar-refractivity contribution in [3.8, 4) is 0 Å². The third-order valence-corrected chi connectivity index (χ3v) is 2.81. The largest absolute Gasteiger partial charge is 0.362 e. The minimum Gasteiger partial charge on any atom is -0.362 e. The number of hydrogen-bond acceptors (Lipinski definition) is 3. The van der Waals surface area contributed by atoms with E-state index < -0.39 is 0 Å². The zero-order valence-electron chi connectivity index (χ0n) is 9.23. The summed E-state index contributed by atoms with van der Waals surface area (Å²) >= 11 is 0. The second kappa shape index (κ2) is 4.04. The highest BCUT2D eigenvalue weighted by molar-refractivity contribution is 5.34. The van der Waals surface area contributed by atoms with E-state index in [9.17, 15) is 4.79 Å². The minimum atomic E-state index is -0.00144. The molecule has 1 fully saturated rings. The van der Waals surface area contributed by atoms with Gasteiger partial charge in [-0.05, 0) is 18.8 Å². The number of aryl methyl sites for hydroxylation is 1. The van der Waals surface area contributed by atoms with Gasteiger partial charge in [-0.15, -0.1) is 0 Å². The third-order valence-electron chi connectivity index (χ3n) is 2.81. The maximum absolute atomic E-state index is 11.9. The van der Waals surface area contributed by atoms with Crippen LogP contribution in [0.5, 0.6) is 0 Å². The van der Waals surface area contributed by atoms with Crippen LogP contribution in [-0.2, 0) is 6.54 Å². The first-order valence-electron chi connectivity index (χ1n) is 5.54. The molecule has 0 bridgehead atoms. The van der Waals surface area contributed by atoms with Gasteiger partial charge in [0.1, 0.15) is 0 Å². The first kappa shape index (κ1) is 10.2. The van der Waals surface area contributed by atoms with E-state index >= 15 is 0 Å². The van der Waals surface area contributed by atoms with Crippen molar-refractivity contribution in [1.29, 1.82) is 0 Å². The second-order valence-electron chi connectivity index (χ2n) is 4.24. The van der Waals surface area contributed by atoms with Crippen LogP contribution in [0.25, 0.3) is 0 Å². The van der Waals surface area contributed by atoms with Crippen molar-refractivity contribution < 1.29 is 0 Å². The Bertz CT molecular complexity index is 399. The Labute approximate surface area is 89.3 Å². The van der Waals surface area contributed by atoms with Crippen molar-refractivity contribution in [3.05, 3.63) is 22.7 Å². The van der Waals surface area contributed by atoms with E-state index in [1.165, 1.54) is 0 Å². The molecule has 1 aliphatic rings. The standard InChI is InChI=1S/C11H17N3O/c1-3-5-14-6-4-12-10(11(14)15)13-9-7-8(9)2/h4,6,8-9H,3,5,7H2,1-2H3,(H,12,13). The highest BCUT2D eigenvalue weighted by Gasteiger charge is 2.33. The van der Waals surface area contributed by atoms with Crippen LogP contribution in [0.2, 0.25) is 0 Å². The third kappa shape index (κ3) is 2.19. The zero-order chi connectivity index (χ0) is 10.8. The molecular weight excluding hydrogens is 190 g/mol. The number of rotatable bonds is 4. The summed E-state index contributed by atoms with van der Waals surface area (Å²) in [5.41, 5.74) is -0.00144. The highest BCUT2D eigenvalue weighted by atomic mass is 16.1. The van der Waals surface area contributed by atoms with E-state index in [4.69, 9.17) is 0 Å². The lowest BCUT2D eigenvalue weighted by Gasteiger charge is -2.07. The Morgan fingerprint density at radius 3 is 3.00 bits per heavy atom. The van der Waals surface area contributed by atoms with Gasteiger partial charge < -0.3 is 9.88 Å². The number of hydrogen-bond donors (Lipinski definition) is 1. The van der Waals surface area contributed by atoms with Gasteiger partial charge in [0, 0.05) is 25.0 Å². The number of anilines is 1. The SMILES string of the molecule is CCCn1ccnc(NC2CC2C)c1=O. The Balaban J connectivity index is 2.16. The fourth-order valence-corrected chi connectivity index (χ4v) is 1.66. The fourth-order valence-electron chi connectivity index (χ4n) is 1.66. The summed E-state index contributed by atoms with van der Waals surface area (Å²) in [6.07, 6.45) is 5.53. The Kier molecular flexibility index (Phi) is 2.75. The van der Waals surface area contributed by atoms with Gasteiger partial charge in [-0.3, -0.25) is 4.79 Å². The number of nitrogens with zero attached hydrogens (tertiary/aromatic N) is 2.